The third-order valence-corrected chi connectivity index (χ3v) is 3.93. The number of ether oxygens (including phenoxy) is 1. The molecule has 0 unspecified atom stereocenters. The second kappa shape index (κ2) is 7.22. The van der Waals surface area contributed by atoms with Crippen molar-refractivity contribution in [2.24, 2.45) is 0 Å². The quantitative estimate of drug-likeness (QED) is 0.811. The molecule has 0 heterocycles. The molecule has 0 atom stereocenters. The van der Waals surface area contributed by atoms with E-state index in [0.29, 0.717) is 0 Å². The van der Waals surface area contributed by atoms with Crippen molar-refractivity contribution in [2.75, 3.05) is 14.2 Å². The van der Waals surface area contributed by atoms with E-state index in [1.165, 1.54) is 16.0 Å². The van der Waals surface area contributed by atoms with Gasteiger partial charge in [-0.25, -0.2) is 0 Å². The molecule has 3 heteroatoms. The maximum Gasteiger partial charge on any atom is 0.119 e. The van der Waals surface area contributed by atoms with Gasteiger partial charge in [0.1, 0.15) is 5.75 Å². The molecule has 0 saturated carbocycles. The Labute approximate surface area is 119 Å². The molecule has 0 aliphatic heterocycles. The summed E-state index contributed by atoms with van der Waals surface area (Å²) in [6, 6.07) is 16.9. The van der Waals surface area contributed by atoms with Gasteiger partial charge in [0.2, 0.25) is 0 Å². The van der Waals surface area contributed by atoms with Crippen LogP contribution in [0.4, 0.5) is 0 Å². The van der Waals surface area contributed by atoms with Crippen molar-refractivity contribution in [3.05, 3.63) is 59.7 Å². The van der Waals surface area contributed by atoms with E-state index in [1.54, 1.807) is 7.11 Å². The van der Waals surface area contributed by atoms with Crippen LogP contribution in [0.2, 0.25) is 0 Å². The summed E-state index contributed by atoms with van der Waals surface area (Å²) in [5.74, 6) is 1.88. The molecule has 0 amide bonds. The minimum Gasteiger partial charge on any atom is -0.497 e. The van der Waals surface area contributed by atoms with Crippen LogP contribution in [0.1, 0.15) is 11.1 Å². The molecule has 2 rings (SSSR count). The number of hydrogen-bond donors (Lipinski definition) is 1. The molecular weight excluding hydrogens is 254 g/mol. The molecule has 100 valence electrons. The zero-order chi connectivity index (χ0) is 13.5. The largest absolute Gasteiger partial charge is 0.497 e. The molecule has 0 bridgehead atoms. The Bertz CT molecular complexity index is 510. The summed E-state index contributed by atoms with van der Waals surface area (Å²) in [6.07, 6.45) is 0. The topological polar surface area (TPSA) is 21.3 Å². The first-order chi connectivity index (χ1) is 9.31. The van der Waals surface area contributed by atoms with E-state index >= 15 is 0 Å². The molecule has 0 radical (unpaired) electrons. The normalized spacial score (nSPS) is 10.4. The minimum atomic E-state index is 0.917. The van der Waals surface area contributed by atoms with Crippen LogP contribution in [-0.4, -0.2) is 14.2 Å². The molecule has 0 aliphatic rings. The van der Waals surface area contributed by atoms with Gasteiger partial charge in [-0.2, -0.15) is 0 Å². The van der Waals surface area contributed by atoms with Gasteiger partial charge in [0.15, 0.2) is 0 Å². The average Bonchev–Trinajstić information content (AvgIpc) is 2.47. The molecule has 2 aromatic carbocycles. The molecule has 0 aromatic heterocycles. The number of benzene rings is 2. The Kier molecular flexibility index (Phi) is 5.31. The smallest absolute Gasteiger partial charge is 0.119 e. The van der Waals surface area contributed by atoms with Gasteiger partial charge in [0.25, 0.3) is 0 Å². The summed E-state index contributed by atoms with van der Waals surface area (Å²) >= 11 is 1.84. The van der Waals surface area contributed by atoms with E-state index in [4.69, 9.17) is 4.74 Å². The van der Waals surface area contributed by atoms with Crippen molar-refractivity contribution in [2.45, 2.75) is 17.2 Å². The Morgan fingerprint density at radius 2 is 1.84 bits per heavy atom. The lowest BCUT2D eigenvalue weighted by Crippen LogP contribution is -2.04. The molecule has 2 aromatic rings. The Morgan fingerprint density at radius 3 is 2.53 bits per heavy atom. The van der Waals surface area contributed by atoms with Gasteiger partial charge >= 0.3 is 0 Å². The second-order valence-corrected chi connectivity index (χ2v) is 5.36. The van der Waals surface area contributed by atoms with Crippen molar-refractivity contribution in [1.29, 1.82) is 0 Å². The lowest BCUT2D eigenvalue weighted by Gasteiger charge is -2.06. The van der Waals surface area contributed by atoms with Gasteiger partial charge in [-0.05, 0) is 42.4 Å². The third kappa shape index (κ3) is 4.30. The van der Waals surface area contributed by atoms with Gasteiger partial charge < -0.3 is 10.1 Å². The number of methoxy groups -OCH3 is 1. The molecule has 19 heavy (non-hydrogen) atoms. The first kappa shape index (κ1) is 14.0. The van der Waals surface area contributed by atoms with Crippen LogP contribution in [0.5, 0.6) is 5.75 Å². The van der Waals surface area contributed by atoms with Gasteiger partial charge in [-0.1, -0.05) is 24.3 Å². The van der Waals surface area contributed by atoms with Crippen molar-refractivity contribution in [3.8, 4) is 5.75 Å². The summed E-state index contributed by atoms with van der Waals surface area (Å²) < 4.78 is 5.23. The zero-order valence-electron chi connectivity index (χ0n) is 11.3. The number of thioether (sulfide) groups is 1. The summed E-state index contributed by atoms with van der Waals surface area (Å²) in [5.41, 5.74) is 2.59. The highest BCUT2D eigenvalue weighted by Gasteiger charge is 1.99. The molecule has 0 fully saturated rings. The molecular formula is C16H19NOS. The highest BCUT2D eigenvalue weighted by atomic mass is 32.2. The predicted molar refractivity (Wildman–Crippen MR) is 81.8 cm³/mol. The summed E-state index contributed by atoms with van der Waals surface area (Å²) in [5, 5.41) is 3.15. The molecule has 0 aliphatic carbocycles. The lowest BCUT2D eigenvalue weighted by molar-refractivity contribution is 0.414. The third-order valence-electron chi connectivity index (χ3n) is 2.84. The Morgan fingerprint density at radius 1 is 1.05 bits per heavy atom. The van der Waals surface area contributed by atoms with Gasteiger partial charge in [0.05, 0.1) is 7.11 Å². The highest BCUT2D eigenvalue weighted by molar-refractivity contribution is 7.98. The van der Waals surface area contributed by atoms with Crippen LogP contribution in [0, 0.1) is 0 Å². The van der Waals surface area contributed by atoms with Crippen molar-refractivity contribution in [1.82, 2.24) is 5.32 Å². The van der Waals surface area contributed by atoms with Crippen LogP contribution in [-0.2, 0) is 12.3 Å². The van der Waals surface area contributed by atoms with E-state index in [0.717, 1.165) is 18.0 Å². The van der Waals surface area contributed by atoms with E-state index < -0.39 is 0 Å². The number of nitrogens with one attached hydrogen (secondary N) is 1. The fraction of sp³-hybridized carbons (Fsp3) is 0.250. The molecule has 2 nitrogen and oxygen atoms in total. The zero-order valence-corrected chi connectivity index (χ0v) is 12.2. The monoisotopic (exact) mass is 273 g/mol. The van der Waals surface area contributed by atoms with Crippen LogP contribution in [0.15, 0.2) is 53.4 Å². The maximum absolute atomic E-state index is 5.23. The second-order valence-electron chi connectivity index (χ2n) is 4.31. The minimum absolute atomic E-state index is 0.917. The standard InChI is InChI=1S/C16H19NOS/c1-17-11-13-6-8-16(9-7-13)19-12-14-4-3-5-15(10-14)18-2/h3-10,17H,11-12H2,1-2H3. The van der Waals surface area contributed by atoms with Crippen molar-refractivity contribution >= 4 is 11.8 Å². The van der Waals surface area contributed by atoms with E-state index in [2.05, 4.69) is 41.7 Å². The van der Waals surface area contributed by atoms with E-state index in [9.17, 15) is 0 Å². The fourth-order valence-electron chi connectivity index (χ4n) is 1.84. The van der Waals surface area contributed by atoms with E-state index in [-0.39, 0.29) is 0 Å². The number of hydrogen-bond acceptors (Lipinski definition) is 3. The molecule has 0 spiro atoms. The Hall–Kier alpha value is -1.45. The van der Waals surface area contributed by atoms with Gasteiger partial charge in [-0.15, -0.1) is 11.8 Å². The van der Waals surface area contributed by atoms with E-state index in [1.807, 2.05) is 30.9 Å². The Balaban J connectivity index is 1.94. The van der Waals surface area contributed by atoms with Gasteiger partial charge in [-0.3, -0.25) is 0 Å². The molecule has 0 saturated heterocycles. The highest BCUT2D eigenvalue weighted by Crippen LogP contribution is 2.24. The average molecular weight is 273 g/mol. The summed E-state index contributed by atoms with van der Waals surface area (Å²) in [4.78, 5) is 1.29. The predicted octanol–water partition coefficient (Wildman–Crippen LogP) is 3.71. The van der Waals surface area contributed by atoms with Crippen LogP contribution < -0.4 is 10.1 Å². The maximum atomic E-state index is 5.23. The first-order valence-corrected chi connectivity index (χ1v) is 7.29. The van der Waals surface area contributed by atoms with Crippen LogP contribution in [0.25, 0.3) is 0 Å². The molecule has 1 N–H and O–H groups in total. The fourth-order valence-corrected chi connectivity index (χ4v) is 2.68. The number of rotatable bonds is 6. The SMILES string of the molecule is CNCc1ccc(SCc2cccc(OC)c2)cc1. The van der Waals surface area contributed by atoms with Crippen molar-refractivity contribution < 1.29 is 4.74 Å². The first-order valence-electron chi connectivity index (χ1n) is 6.31. The van der Waals surface area contributed by atoms with Crippen molar-refractivity contribution in [3.63, 3.8) is 0 Å². The van der Waals surface area contributed by atoms with Crippen LogP contribution >= 0.6 is 11.8 Å². The van der Waals surface area contributed by atoms with Gasteiger partial charge in [0, 0.05) is 17.2 Å². The lowest BCUT2D eigenvalue weighted by atomic mass is 10.2. The summed E-state index contributed by atoms with van der Waals surface area (Å²) in [6.45, 7) is 0.917. The summed E-state index contributed by atoms with van der Waals surface area (Å²) in [7, 11) is 3.66. The van der Waals surface area contributed by atoms with Crippen LogP contribution in [0.3, 0.4) is 0 Å².